The molecule has 0 unspecified atom stereocenters. The third-order valence-electron chi connectivity index (χ3n) is 7.06. The van der Waals surface area contributed by atoms with Crippen LogP contribution in [0.1, 0.15) is 43.3 Å². The van der Waals surface area contributed by atoms with Crippen molar-refractivity contribution in [3.8, 4) is 11.8 Å². The van der Waals surface area contributed by atoms with Crippen LogP contribution in [0, 0.1) is 0 Å². The van der Waals surface area contributed by atoms with Gasteiger partial charge >= 0.3 is 6.01 Å². The molecule has 0 saturated carbocycles. The van der Waals surface area contributed by atoms with Gasteiger partial charge in [-0.1, -0.05) is 17.2 Å². The molecular weight excluding hydrogens is 476 g/mol. The van der Waals surface area contributed by atoms with Gasteiger partial charge in [0.1, 0.15) is 5.75 Å². The molecule has 5 rings (SSSR count). The molecule has 0 bridgehead atoms. The number of piperazine rings is 1. The fraction of sp³-hybridized carbons (Fsp3) is 0.462. The van der Waals surface area contributed by atoms with Crippen molar-refractivity contribution in [2.45, 2.75) is 50.6 Å². The second-order valence-electron chi connectivity index (χ2n) is 9.60. The molecule has 1 aromatic heterocycles. The highest BCUT2D eigenvalue weighted by atomic mass is 32.2. The van der Waals surface area contributed by atoms with E-state index in [-0.39, 0.29) is 4.90 Å². The number of hydrogen-bond donors (Lipinski definition) is 1. The summed E-state index contributed by atoms with van der Waals surface area (Å²) in [7, 11) is -1.57. The van der Waals surface area contributed by atoms with Crippen LogP contribution >= 0.6 is 0 Å². The van der Waals surface area contributed by atoms with E-state index in [2.05, 4.69) is 37.8 Å². The summed E-state index contributed by atoms with van der Waals surface area (Å²) in [5.74, 6) is 1.18. The number of ether oxygens (including phenoxy) is 1. The van der Waals surface area contributed by atoms with Gasteiger partial charge < -0.3 is 14.5 Å². The van der Waals surface area contributed by atoms with Crippen molar-refractivity contribution in [3.05, 3.63) is 59.4 Å². The number of benzene rings is 2. The van der Waals surface area contributed by atoms with E-state index in [1.54, 1.807) is 23.6 Å². The van der Waals surface area contributed by atoms with Crippen molar-refractivity contribution in [1.82, 2.24) is 24.4 Å². The molecule has 192 valence electrons. The van der Waals surface area contributed by atoms with E-state index in [0.717, 1.165) is 56.7 Å². The van der Waals surface area contributed by atoms with Gasteiger partial charge in [-0.05, 0) is 75.5 Å². The van der Waals surface area contributed by atoms with Gasteiger partial charge in [-0.2, -0.15) is 0 Å². The van der Waals surface area contributed by atoms with E-state index >= 15 is 0 Å². The molecular formula is C26H34N6O3S. The van der Waals surface area contributed by atoms with Crippen LogP contribution < -0.4 is 14.4 Å². The van der Waals surface area contributed by atoms with Crippen molar-refractivity contribution in [3.63, 3.8) is 0 Å². The van der Waals surface area contributed by atoms with Gasteiger partial charge in [0.15, 0.2) is 5.82 Å². The third-order valence-corrected chi connectivity index (χ3v) is 8.59. The zero-order valence-electron chi connectivity index (χ0n) is 21.1. The zero-order chi connectivity index (χ0) is 25.3. The Morgan fingerprint density at radius 3 is 2.58 bits per heavy atom. The number of nitrogens with one attached hydrogen (secondary N) is 1. The molecule has 1 saturated heterocycles. The summed E-state index contributed by atoms with van der Waals surface area (Å²) < 4.78 is 36.9. The first kappa shape index (κ1) is 24.7. The topological polar surface area (TPSA) is 92.6 Å². The fourth-order valence-corrected chi connectivity index (χ4v) is 6.23. The second kappa shape index (κ2) is 10.2. The monoisotopic (exact) mass is 510 g/mol. The lowest BCUT2D eigenvalue weighted by molar-refractivity contribution is 0.312. The zero-order valence-corrected chi connectivity index (χ0v) is 22.0. The molecule has 0 amide bonds. The van der Waals surface area contributed by atoms with Gasteiger partial charge in [0.25, 0.3) is 0 Å². The molecule has 1 atom stereocenters. The average molecular weight is 511 g/mol. The van der Waals surface area contributed by atoms with Gasteiger partial charge in [0.05, 0.1) is 10.9 Å². The number of rotatable bonds is 8. The summed E-state index contributed by atoms with van der Waals surface area (Å²) in [6.45, 7) is 8.27. The molecule has 10 heteroatoms. The summed E-state index contributed by atoms with van der Waals surface area (Å²) >= 11 is 0. The van der Waals surface area contributed by atoms with E-state index in [0.29, 0.717) is 24.1 Å². The number of hydrogen-bond acceptors (Lipinski definition) is 7. The van der Waals surface area contributed by atoms with Crippen LogP contribution in [-0.2, 0) is 29.4 Å². The molecule has 9 nitrogen and oxygen atoms in total. The molecule has 1 fully saturated rings. The molecule has 2 heterocycles. The molecule has 1 aliphatic carbocycles. The van der Waals surface area contributed by atoms with E-state index < -0.39 is 16.1 Å². The number of anilines is 1. The summed E-state index contributed by atoms with van der Waals surface area (Å²) in [5.41, 5.74) is 3.47. The number of aryl methyl sites for hydroxylation is 2. The molecule has 2 aromatic carbocycles. The third kappa shape index (κ3) is 5.11. The predicted octanol–water partition coefficient (Wildman–Crippen LogP) is 3.37. The molecule has 36 heavy (non-hydrogen) atoms. The number of sulfonamides is 1. The smallest absolute Gasteiger partial charge is 0.322 e. The Hall–Kier alpha value is -2.95. The fourth-order valence-electron chi connectivity index (χ4n) is 4.98. The quantitative estimate of drug-likeness (QED) is 0.497. The highest BCUT2D eigenvalue weighted by molar-refractivity contribution is 7.89. The minimum atomic E-state index is -3.71. The minimum Gasteiger partial charge on any atom is -0.424 e. The van der Waals surface area contributed by atoms with E-state index in [1.165, 1.54) is 5.56 Å². The van der Waals surface area contributed by atoms with Crippen LogP contribution in [0.5, 0.6) is 11.8 Å². The maximum Gasteiger partial charge on any atom is 0.322 e. The molecule has 2 aliphatic rings. The van der Waals surface area contributed by atoms with Gasteiger partial charge in [0, 0.05) is 44.5 Å². The maximum atomic E-state index is 13.1. The summed E-state index contributed by atoms with van der Waals surface area (Å²) in [5, 5.41) is 8.53. The van der Waals surface area contributed by atoms with Crippen molar-refractivity contribution >= 4 is 15.7 Å². The molecule has 1 N–H and O–H groups in total. The van der Waals surface area contributed by atoms with E-state index in [1.807, 2.05) is 31.2 Å². The van der Waals surface area contributed by atoms with Crippen molar-refractivity contribution in [1.29, 1.82) is 0 Å². The molecule has 0 radical (unpaired) electrons. The summed E-state index contributed by atoms with van der Waals surface area (Å²) in [4.78, 5) is 4.95. The molecule has 0 spiro atoms. The summed E-state index contributed by atoms with van der Waals surface area (Å²) in [6, 6.07) is 13.1. The van der Waals surface area contributed by atoms with Gasteiger partial charge in [-0.25, -0.2) is 13.1 Å². The van der Waals surface area contributed by atoms with Crippen LogP contribution in [0.25, 0.3) is 0 Å². The Kier molecular flexibility index (Phi) is 7.00. The minimum absolute atomic E-state index is 0.287. The lowest BCUT2D eigenvalue weighted by Crippen LogP contribution is -2.44. The van der Waals surface area contributed by atoms with Crippen LogP contribution in [0.15, 0.2) is 47.4 Å². The second-order valence-corrected chi connectivity index (χ2v) is 11.3. The van der Waals surface area contributed by atoms with Gasteiger partial charge in [0.2, 0.25) is 10.0 Å². The van der Waals surface area contributed by atoms with Gasteiger partial charge in [-0.15, -0.1) is 5.10 Å². The first-order chi connectivity index (χ1) is 17.3. The Labute approximate surface area is 213 Å². The predicted molar refractivity (Wildman–Crippen MR) is 139 cm³/mol. The Balaban J connectivity index is 1.32. The lowest BCUT2D eigenvalue weighted by atomic mass is 10.1. The van der Waals surface area contributed by atoms with Crippen molar-refractivity contribution in [2.75, 3.05) is 38.1 Å². The standard InChI is InChI=1S/C26H34N6O3S/c1-4-32-25(19(2)29-36(33,34)24-12-11-20-7-5-8-21(20)17-24)27-28-26(32)35-23-10-6-9-22(18-23)31-15-13-30(3)14-16-31/h6,9-12,17-19,29H,4-5,7-8,13-16H2,1-3H3/t19-/m1/s1. The first-order valence-corrected chi connectivity index (χ1v) is 14.1. The van der Waals surface area contributed by atoms with E-state index in [4.69, 9.17) is 4.74 Å². The lowest BCUT2D eigenvalue weighted by Gasteiger charge is -2.34. The Morgan fingerprint density at radius 1 is 1.03 bits per heavy atom. The number of aromatic nitrogens is 3. The normalized spacial score (nSPS) is 17.2. The average Bonchev–Trinajstić information content (AvgIpc) is 3.50. The van der Waals surface area contributed by atoms with Crippen molar-refractivity contribution < 1.29 is 13.2 Å². The highest BCUT2D eigenvalue weighted by Crippen LogP contribution is 2.29. The number of fused-ring (bicyclic) bond motifs is 1. The van der Waals surface area contributed by atoms with Gasteiger partial charge in [-0.3, -0.25) is 4.57 Å². The first-order valence-electron chi connectivity index (χ1n) is 12.6. The maximum absolute atomic E-state index is 13.1. The highest BCUT2D eigenvalue weighted by Gasteiger charge is 2.25. The Bertz CT molecular complexity index is 1330. The number of likely N-dealkylation sites (N-methyl/N-ethyl adjacent to an activating group) is 1. The van der Waals surface area contributed by atoms with Crippen LogP contribution in [0.4, 0.5) is 5.69 Å². The number of nitrogens with zero attached hydrogens (tertiary/aromatic N) is 5. The van der Waals surface area contributed by atoms with Crippen molar-refractivity contribution in [2.24, 2.45) is 0 Å². The van der Waals surface area contributed by atoms with E-state index in [9.17, 15) is 8.42 Å². The van der Waals surface area contributed by atoms with Crippen LogP contribution in [0.3, 0.4) is 0 Å². The molecule has 1 aliphatic heterocycles. The van der Waals surface area contributed by atoms with Crippen LogP contribution in [0.2, 0.25) is 0 Å². The largest absolute Gasteiger partial charge is 0.424 e. The molecule has 3 aromatic rings. The Morgan fingerprint density at radius 2 is 1.81 bits per heavy atom. The SMILES string of the molecule is CCn1c(Oc2cccc(N3CCN(C)CC3)c2)nnc1[C@@H](C)NS(=O)(=O)c1ccc2c(c1)CCC2. The summed E-state index contributed by atoms with van der Waals surface area (Å²) in [6.07, 6.45) is 3.01. The van der Waals surface area contributed by atoms with Crippen LogP contribution in [-0.4, -0.2) is 61.3 Å².